The van der Waals surface area contributed by atoms with Crippen LogP contribution in [0, 0.1) is 17.7 Å². The van der Waals surface area contributed by atoms with E-state index in [-0.39, 0.29) is 29.7 Å². The first-order valence-electron chi connectivity index (χ1n) is 7.97. The van der Waals surface area contributed by atoms with Crippen LogP contribution in [0.5, 0.6) is 0 Å². The number of nitrogens with zero attached hydrogens (tertiary/aromatic N) is 1. The Balaban J connectivity index is 1.66. The molecule has 2 aliphatic rings. The fraction of sp³-hybridized carbons (Fsp3) is 0.588. The minimum Gasteiger partial charge on any atom is -0.378 e. The van der Waals surface area contributed by atoms with E-state index >= 15 is 0 Å². The molecule has 1 amide bonds. The molecule has 120 valence electrons. The third-order valence-corrected chi connectivity index (χ3v) is 4.86. The molecule has 0 aromatic heterocycles. The van der Waals surface area contributed by atoms with Gasteiger partial charge in [-0.1, -0.05) is 12.1 Å². The van der Waals surface area contributed by atoms with Gasteiger partial charge in [0.25, 0.3) is 0 Å². The quantitative estimate of drug-likeness (QED) is 0.926. The molecule has 5 heteroatoms. The van der Waals surface area contributed by atoms with Gasteiger partial charge in [-0.05, 0) is 30.5 Å². The molecule has 0 bridgehead atoms. The Labute approximate surface area is 130 Å². The van der Waals surface area contributed by atoms with Crippen LogP contribution in [0.3, 0.4) is 0 Å². The molecule has 2 heterocycles. The van der Waals surface area contributed by atoms with E-state index in [1.807, 2.05) is 12.1 Å². The lowest BCUT2D eigenvalue weighted by Crippen LogP contribution is -2.52. The predicted octanol–water partition coefficient (Wildman–Crippen LogP) is 1.80. The van der Waals surface area contributed by atoms with Crippen molar-refractivity contribution in [1.29, 1.82) is 0 Å². The number of benzene rings is 1. The summed E-state index contributed by atoms with van der Waals surface area (Å²) >= 11 is 0. The fourth-order valence-electron chi connectivity index (χ4n) is 3.69. The molecule has 1 N–H and O–H groups in total. The highest BCUT2D eigenvalue weighted by atomic mass is 19.1. The van der Waals surface area contributed by atoms with E-state index in [0.717, 1.165) is 38.0 Å². The molecule has 0 unspecified atom stereocenters. The van der Waals surface area contributed by atoms with Gasteiger partial charge in [-0.25, -0.2) is 4.39 Å². The van der Waals surface area contributed by atoms with Crippen molar-refractivity contribution in [2.75, 3.05) is 26.7 Å². The summed E-state index contributed by atoms with van der Waals surface area (Å²) in [5, 5.41) is 2.78. The normalized spacial score (nSPS) is 28.9. The summed E-state index contributed by atoms with van der Waals surface area (Å²) in [6.07, 6.45) is 1.95. The molecule has 2 aliphatic heterocycles. The minimum absolute atomic E-state index is 0.0415. The number of fused-ring (bicyclic) bond motifs is 1. The molecule has 0 radical (unpaired) electrons. The van der Waals surface area contributed by atoms with Crippen LogP contribution in [-0.2, 0) is 16.1 Å². The maximum atomic E-state index is 13.0. The lowest BCUT2D eigenvalue weighted by atomic mass is 9.79. The number of halogens is 1. The van der Waals surface area contributed by atoms with Gasteiger partial charge >= 0.3 is 0 Å². The maximum absolute atomic E-state index is 13.0. The summed E-state index contributed by atoms with van der Waals surface area (Å²) in [6, 6.07) is 6.66. The summed E-state index contributed by atoms with van der Waals surface area (Å²) in [5.74, 6) is 0.215. The number of ether oxygens (including phenoxy) is 1. The Morgan fingerprint density at radius 1 is 1.36 bits per heavy atom. The van der Waals surface area contributed by atoms with E-state index in [1.165, 1.54) is 12.1 Å². The van der Waals surface area contributed by atoms with Gasteiger partial charge in [-0.2, -0.15) is 0 Å². The summed E-state index contributed by atoms with van der Waals surface area (Å²) < 4.78 is 18.9. The van der Waals surface area contributed by atoms with Crippen LogP contribution < -0.4 is 5.32 Å². The smallest absolute Gasteiger partial charge is 0.223 e. The maximum Gasteiger partial charge on any atom is 0.223 e. The van der Waals surface area contributed by atoms with Crippen LogP contribution in [0.4, 0.5) is 4.39 Å². The van der Waals surface area contributed by atoms with Gasteiger partial charge in [0.2, 0.25) is 5.91 Å². The van der Waals surface area contributed by atoms with Crippen LogP contribution in [-0.4, -0.2) is 43.7 Å². The summed E-state index contributed by atoms with van der Waals surface area (Å²) in [7, 11) is 1.70. The average Bonchev–Trinajstić information content (AvgIpc) is 2.55. The Kier molecular flexibility index (Phi) is 4.74. The van der Waals surface area contributed by atoms with Crippen molar-refractivity contribution in [3.8, 4) is 0 Å². The lowest BCUT2D eigenvalue weighted by Gasteiger charge is -2.44. The molecule has 2 fully saturated rings. The lowest BCUT2D eigenvalue weighted by molar-refractivity contribution is -0.141. The van der Waals surface area contributed by atoms with E-state index in [9.17, 15) is 9.18 Å². The highest BCUT2D eigenvalue weighted by Crippen LogP contribution is 2.33. The van der Waals surface area contributed by atoms with Crippen molar-refractivity contribution >= 4 is 5.91 Å². The van der Waals surface area contributed by atoms with Crippen LogP contribution in [0.25, 0.3) is 0 Å². The fourth-order valence-corrected chi connectivity index (χ4v) is 3.69. The number of likely N-dealkylation sites (tertiary alicyclic amines) is 1. The zero-order valence-corrected chi connectivity index (χ0v) is 12.9. The van der Waals surface area contributed by atoms with Gasteiger partial charge in [0.15, 0.2) is 0 Å². The molecule has 1 aromatic rings. The number of carbonyl (C=O) groups excluding carboxylic acids is 1. The van der Waals surface area contributed by atoms with Crippen LogP contribution in [0.1, 0.15) is 18.4 Å². The number of carbonyl (C=O) groups is 1. The second-order valence-corrected chi connectivity index (χ2v) is 6.23. The molecule has 0 aliphatic carbocycles. The third kappa shape index (κ3) is 3.31. The van der Waals surface area contributed by atoms with E-state index in [1.54, 1.807) is 7.05 Å². The molecule has 3 rings (SSSR count). The number of amides is 1. The molecule has 3 atom stereocenters. The highest BCUT2D eigenvalue weighted by Gasteiger charge is 2.41. The van der Waals surface area contributed by atoms with Crippen molar-refractivity contribution in [2.24, 2.45) is 11.8 Å². The van der Waals surface area contributed by atoms with Crippen molar-refractivity contribution in [2.45, 2.75) is 25.5 Å². The van der Waals surface area contributed by atoms with Gasteiger partial charge in [-0.3, -0.25) is 9.69 Å². The molecular formula is C17H23FN2O2. The molecule has 22 heavy (non-hydrogen) atoms. The van der Waals surface area contributed by atoms with E-state index in [2.05, 4.69) is 10.2 Å². The van der Waals surface area contributed by atoms with Gasteiger partial charge in [-0.15, -0.1) is 0 Å². The minimum atomic E-state index is -0.206. The zero-order chi connectivity index (χ0) is 15.5. The standard InChI is InChI=1S/C17H23FN2O2/c1-19-17(21)14-7-9-22-16-6-8-20(11-15(14)16)10-12-2-4-13(18)5-3-12/h2-5,14-16H,6-11H2,1H3,(H,19,21)/t14-,15+,16-/m1/s1. The Hall–Kier alpha value is -1.46. The van der Waals surface area contributed by atoms with Gasteiger partial charge in [0.1, 0.15) is 5.82 Å². The van der Waals surface area contributed by atoms with Crippen molar-refractivity contribution < 1.29 is 13.9 Å². The molecule has 4 nitrogen and oxygen atoms in total. The monoisotopic (exact) mass is 306 g/mol. The summed E-state index contributed by atoms with van der Waals surface area (Å²) in [5.41, 5.74) is 1.10. The van der Waals surface area contributed by atoms with Gasteiger partial charge in [0.05, 0.1) is 6.10 Å². The Morgan fingerprint density at radius 3 is 2.86 bits per heavy atom. The van der Waals surface area contributed by atoms with E-state index in [4.69, 9.17) is 4.74 Å². The summed E-state index contributed by atoms with van der Waals surface area (Å²) in [6.45, 7) is 3.29. The van der Waals surface area contributed by atoms with E-state index in [0.29, 0.717) is 6.61 Å². The van der Waals surface area contributed by atoms with Crippen LogP contribution >= 0.6 is 0 Å². The van der Waals surface area contributed by atoms with Crippen molar-refractivity contribution in [3.05, 3.63) is 35.6 Å². The Morgan fingerprint density at radius 2 is 2.14 bits per heavy atom. The second kappa shape index (κ2) is 6.75. The van der Waals surface area contributed by atoms with Crippen molar-refractivity contribution in [1.82, 2.24) is 10.2 Å². The summed E-state index contributed by atoms with van der Waals surface area (Å²) in [4.78, 5) is 14.4. The third-order valence-electron chi connectivity index (χ3n) is 4.86. The number of hydrogen-bond donors (Lipinski definition) is 1. The first kappa shape index (κ1) is 15.4. The number of hydrogen-bond acceptors (Lipinski definition) is 3. The molecule has 1 aromatic carbocycles. The number of piperidine rings is 1. The average molecular weight is 306 g/mol. The zero-order valence-electron chi connectivity index (χ0n) is 12.9. The predicted molar refractivity (Wildman–Crippen MR) is 81.7 cm³/mol. The first-order valence-corrected chi connectivity index (χ1v) is 7.97. The Bertz CT molecular complexity index is 520. The van der Waals surface area contributed by atoms with E-state index < -0.39 is 0 Å². The molecule has 2 saturated heterocycles. The largest absolute Gasteiger partial charge is 0.378 e. The van der Waals surface area contributed by atoms with Gasteiger partial charge in [0, 0.05) is 45.1 Å². The number of nitrogens with one attached hydrogen (secondary N) is 1. The molecular weight excluding hydrogens is 283 g/mol. The molecule has 0 saturated carbocycles. The first-order chi connectivity index (χ1) is 10.7. The SMILES string of the molecule is CNC(=O)[C@@H]1CCO[C@@H]2CCN(Cc3ccc(F)cc3)C[C@H]21. The van der Waals surface area contributed by atoms with Crippen LogP contribution in [0.15, 0.2) is 24.3 Å². The molecule has 0 spiro atoms. The number of rotatable bonds is 3. The highest BCUT2D eigenvalue weighted by molar-refractivity contribution is 5.78. The van der Waals surface area contributed by atoms with Crippen LogP contribution in [0.2, 0.25) is 0 Å². The van der Waals surface area contributed by atoms with Gasteiger partial charge < -0.3 is 10.1 Å². The topological polar surface area (TPSA) is 41.6 Å². The second-order valence-electron chi connectivity index (χ2n) is 6.23. The van der Waals surface area contributed by atoms with Crippen molar-refractivity contribution in [3.63, 3.8) is 0 Å².